The van der Waals surface area contributed by atoms with Gasteiger partial charge >= 0.3 is 5.69 Å². The minimum Gasteiger partial charge on any atom is -0.324 e. The predicted octanol–water partition coefficient (Wildman–Crippen LogP) is 3.13. The molecular formula is C20H13F2N3O3S. The first-order valence-corrected chi connectivity index (χ1v) is 9.37. The molecule has 2 aromatic carbocycles. The van der Waals surface area contributed by atoms with Crippen LogP contribution in [0.4, 0.5) is 14.5 Å². The monoisotopic (exact) mass is 413 g/mol. The largest absolute Gasteiger partial charge is 0.336 e. The molecular weight excluding hydrogens is 400 g/mol. The van der Waals surface area contributed by atoms with Crippen LogP contribution in [0.5, 0.6) is 0 Å². The molecule has 4 rings (SSSR count). The summed E-state index contributed by atoms with van der Waals surface area (Å²) in [7, 11) is 0. The summed E-state index contributed by atoms with van der Waals surface area (Å²) < 4.78 is 29.6. The number of halogens is 2. The van der Waals surface area contributed by atoms with E-state index in [-0.39, 0.29) is 21.6 Å². The van der Waals surface area contributed by atoms with Crippen LogP contribution in [-0.4, -0.2) is 15.0 Å². The number of hydrogen-bond donors (Lipinski definition) is 1. The van der Waals surface area contributed by atoms with E-state index in [9.17, 15) is 23.2 Å². The van der Waals surface area contributed by atoms with Gasteiger partial charge in [-0.25, -0.2) is 18.1 Å². The second-order valence-electron chi connectivity index (χ2n) is 6.15. The number of thiophene rings is 1. The summed E-state index contributed by atoms with van der Waals surface area (Å²) >= 11 is 1.09. The summed E-state index contributed by atoms with van der Waals surface area (Å²) in [6.45, 7) is -0.433. The number of anilines is 1. The molecule has 0 saturated heterocycles. The third-order valence-corrected chi connectivity index (χ3v) is 5.15. The van der Waals surface area contributed by atoms with Gasteiger partial charge in [0.15, 0.2) is 0 Å². The Balaban J connectivity index is 1.81. The van der Waals surface area contributed by atoms with Gasteiger partial charge in [-0.15, -0.1) is 11.3 Å². The van der Waals surface area contributed by atoms with Gasteiger partial charge in [-0.1, -0.05) is 18.2 Å². The number of para-hydroxylation sites is 1. The molecule has 0 fully saturated rings. The van der Waals surface area contributed by atoms with E-state index in [1.54, 1.807) is 11.4 Å². The molecule has 0 saturated carbocycles. The van der Waals surface area contributed by atoms with Gasteiger partial charge < -0.3 is 5.32 Å². The highest BCUT2D eigenvalue weighted by atomic mass is 32.1. The van der Waals surface area contributed by atoms with Crippen molar-refractivity contribution in [3.63, 3.8) is 0 Å². The van der Waals surface area contributed by atoms with Crippen LogP contribution in [0.25, 0.3) is 15.9 Å². The maximum absolute atomic E-state index is 14.3. The van der Waals surface area contributed by atoms with E-state index in [2.05, 4.69) is 5.32 Å². The SMILES string of the molecule is O=C(Cn1c(=O)n(-c2ccccc2F)c(=O)c2sccc21)Nc1cccc(F)c1. The summed E-state index contributed by atoms with van der Waals surface area (Å²) in [6, 6.07) is 12.3. The molecule has 2 aromatic heterocycles. The van der Waals surface area contributed by atoms with E-state index < -0.39 is 35.3 Å². The van der Waals surface area contributed by atoms with Crippen molar-refractivity contribution >= 4 is 33.1 Å². The Kier molecular flexibility index (Phi) is 4.81. The lowest BCUT2D eigenvalue weighted by Gasteiger charge is -2.13. The molecule has 0 aliphatic heterocycles. The van der Waals surface area contributed by atoms with Crippen LogP contribution in [0.2, 0.25) is 0 Å². The van der Waals surface area contributed by atoms with Crippen molar-refractivity contribution < 1.29 is 13.6 Å². The van der Waals surface area contributed by atoms with Gasteiger partial charge in [0.05, 0.1) is 11.2 Å². The standard InChI is InChI=1S/C20H13F2N3O3S/c21-12-4-3-5-13(10-12)23-17(26)11-24-16-8-9-29-18(16)19(27)25(20(24)28)15-7-2-1-6-14(15)22/h1-10H,11H2,(H,23,26). The average molecular weight is 413 g/mol. The molecule has 0 atom stereocenters. The average Bonchev–Trinajstić information content (AvgIpc) is 3.17. The smallest absolute Gasteiger partial charge is 0.324 e. The highest BCUT2D eigenvalue weighted by Crippen LogP contribution is 2.18. The zero-order valence-corrected chi connectivity index (χ0v) is 15.6. The number of benzene rings is 2. The van der Waals surface area contributed by atoms with Crippen LogP contribution < -0.4 is 16.6 Å². The minimum atomic E-state index is -0.847. The summed E-state index contributed by atoms with van der Waals surface area (Å²) in [6.07, 6.45) is 0. The van der Waals surface area contributed by atoms with Crippen molar-refractivity contribution in [1.29, 1.82) is 0 Å². The van der Waals surface area contributed by atoms with Crippen molar-refractivity contribution in [3.05, 3.63) is 92.4 Å². The summed E-state index contributed by atoms with van der Waals surface area (Å²) in [5.74, 6) is -1.85. The van der Waals surface area contributed by atoms with Crippen molar-refractivity contribution in [2.45, 2.75) is 6.54 Å². The fraction of sp³-hybridized carbons (Fsp3) is 0.0500. The lowest BCUT2D eigenvalue weighted by Crippen LogP contribution is -2.40. The Labute approximate surface area is 166 Å². The number of nitrogens with one attached hydrogen (secondary N) is 1. The number of aromatic nitrogens is 2. The van der Waals surface area contributed by atoms with Crippen LogP contribution in [-0.2, 0) is 11.3 Å². The van der Waals surface area contributed by atoms with E-state index >= 15 is 0 Å². The first-order valence-electron chi connectivity index (χ1n) is 8.49. The second-order valence-corrected chi connectivity index (χ2v) is 7.07. The molecule has 0 radical (unpaired) electrons. The Morgan fingerprint density at radius 3 is 2.59 bits per heavy atom. The number of nitrogens with zero attached hydrogens (tertiary/aromatic N) is 2. The number of fused-ring (bicyclic) bond motifs is 1. The first-order chi connectivity index (χ1) is 14.0. The first kappa shape index (κ1) is 18.8. The quantitative estimate of drug-likeness (QED) is 0.559. The van der Waals surface area contributed by atoms with E-state index in [0.717, 1.165) is 28.0 Å². The fourth-order valence-electron chi connectivity index (χ4n) is 3.00. The number of rotatable bonds is 4. The molecule has 0 unspecified atom stereocenters. The summed E-state index contributed by atoms with van der Waals surface area (Å²) in [5, 5.41) is 4.11. The van der Waals surface area contributed by atoms with Gasteiger partial charge in [-0.2, -0.15) is 0 Å². The number of amides is 1. The lowest BCUT2D eigenvalue weighted by molar-refractivity contribution is -0.116. The van der Waals surface area contributed by atoms with Crippen LogP contribution in [0.15, 0.2) is 69.6 Å². The lowest BCUT2D eigenvalue weighted by atomic mass is 10.3. The van der Waals surface area contributed by atoms with Gasteiger partial charge in [0.25, 0.3) is 5.56 Å². The highest BCUT2D eigenvalue weighted by molar-refractivity contribution is 7.17. The van der Waals surface area contributed by atoms with Crippen LogP contribution in [0.3, 0.4) is 0 Å². The summed E-state index contributed by atoms with van der Waals surface area (Å²) in [5.41, 5.74) is -1.21. The van der Waals surface area contributed by atoms with E-state index in [1.807, 2.05) is 0 Å². The Hall–Kier alpha value is -3.59. The van der Waals surface area contributed by atoms with Crippen LogP contribution in [0.1, 0.15) is 0 Å². The molecule has 1 amide bonds. The minimum absolute atomic E-state index is 0.197. The van der Waals surface area contributed by atoms with Crippen molar-refractivity contribution in [2.75, 3.05) is 5.32 Å². The zero-order valence-electron chi connectivity index (χ0n) is 14.8. The summed E-state index contributed by atoms with van der Waals surface area (Å²) in [4.78, 5) is 38.3. The molecule has 9 heteroatoms. The van der Waals surface area contributed by atoms with E-state index in [1.165, 1.54) is 36.4 Å². The highest BCUT2D eigenvalue weighted by Gasteiger charge is 2.19. The predicted molar refractivity (Wildman–Crippen MR) is 107 cm³/mol. The zero-order chi connectivity index (χ0) is 20.5. The van der Waals surface area contributed by atoms with Gasteiger partial charge in [0, 0.05) is 5.69 Å². The molecule has 0 bridgehead atoms. The fourth-order valence-corrected chi connectivity index (χ4v) is 3.82. The molecule has 4 aromatic rings. The topological polar surface area (TPSA) is 73.1 Å². The molecule has 0 aliphatic rings. The van der Waals surface area contributed by atoms with Gasteiger partial charge in [0.1, 0.15) is 22.9 Å². The normalized spacial score (nSPS) is 11.0. The molecule has 29 heavy (non-hydrogen) atoms. The van der Waals surface area contributed by atoms with E-state index in [0.29, 0.717) is 4.57 Å². The van der Waals surface area contributed by atoms with Crippen molar-refractivity contribution in [3.8, 4) is 5.69 Å². The molecule has 0 aliphatic carbocycles. The van der Waals surface area contributed by atoms with E-state index in [4.69, 9.17) is 0 Å². The molecule has 2 heterocycles. The molecule has 0 spiro atoms. The third kappa shape index (κ3) is 3.47. The number of hydrogen-bond acceptors (Lipinski definition) is 4. The maximum atomic E-state index is 14.3. The third-order valence-electron chi connectivity index (χ3n) is 4.26. The van der Waals surface area contributed by atoms with Gasteiger partial charge in [-0.3, -0.25) is 14.2 Å². The Morgan fingerprint density at radius 2 is 1.83 bits per heavy atom. The van der Waals surface area contributed by atoms with Crippen LogP contribution in [0, 0.1) is 11.6 Å². The molecule has 146 valence electrons. The maximum Gasteiger partial charge on any atom is 0.336 e. The van der Waals surface area contributed by atoms with Gasteiger partial charge in [-0.05, 0) is 41.8 Å². The number of carbonyl (C=O) groups excluding carboxylic acids is 1. The second kappa shape index (κ2) is 7.44. The van der Waals surface area contributed by atoms with Crippen LogP contribution >= 0.6 is 11.3 Å². The Morgan fingerprint density at radius 1 is 1.03 bits per heavy atom. The van der Waals surface area contributed by atoms with Gasteiger partial charge in [0.2, 0.25) is 5.91 Å². The molecule has 1 N–H and O–H groups in total. The van der Waals surface area contributed by atoms with Crippen molar-refractivity contribution in [2.24, 2.45) is 0 Å². The Bertz CT molecular complexity index is 1360. The molecule has 6 nitrogen and oxygen atoms in total. The number of carbonyl (C=O) groups is 1. The van der Waals surface area contributed by atoms with Crippen molar-refractivity contribution in [1.82, 2.24) is 9.13 Å².